The SMILES string of the molecule is Cc1nn(CC(=O)Nc2ccc(N3CCN(C(=O)OC(C)(C)C)CC3)cn2)c(C)c1Cl. The Morgan fingerprint density at radius 1 is 1.16 bits per heavy atom. The van der Waals surface area contributed by atoms with E-state index in [9.17, 15) is 9.59 Å². The Balaban J connectivity index is 1.52. The zero-order valence-corrected chi connectivity index (χ0v) is 19.4. The maximum Gasteiger partial charge on any atom is 0.410 e. The minimum Gasteiger partial charge on any atom is -0.444 e. The van der Waals surface area contributed by atoms with Crippen molar-refractivity contribution >= 4 is 35.1 Å². The van der Waals surface area contributed by atoms with Crippen LogP contribution >= 0.6 is 11.6 Å². The van der Waals surface area contributed by atoms with Crippen molar-refractivity contribution in [2.75, 3.05) is 36.4 Å². The van der Waals surface area contributed by atoms with Gasteiger partial charge in [-0.25, -0.2) is 9.78 Å². The van der Waals surface area contributed by atoms with Gasteiger partial charge >= 0.3 is 6.09 Å². The van der Waals surface area contributed by atoms with Crippen LogP contribution in [0.1, 0.15) is 32.2 Å². The Morgan fingerprint density at radius 2 is 1.84 bits per heavy atom. The Hall–Kier alpha value is -2.81. The number of piperazine rings is 1. The number of nitrogens with zero attached hydrogens (tertiary/aromatic N) is 5. The van der Waals surface area contributed by atoms with Crippen LogP contribution in [-0.4, -0.2) is 63.4 Å². The van der Waals surface area contributed by atoms with Crippen molar-refractivity contribution < 1.29 is 14.3 Å². The molecule has 31 heavy (non-hydrogen) atoms. The lowest BCUT2D eigenvalue weighted by Gasteiger charge is -2.36. The summed E-state index contributed by atoms with van der Waals surface area (Å²) in [5, 5.41) is 7.61. The van der Waals surface area contributed by atoms with Crippen molar-refractivity contribution in [2.24, 2.45) is 0 Å². The van der Waals surface area contributed by atoms with E-state index in [0.717, 1.165) is 11.4 Å². The molecule has 2 amide bonds. The largest absolute Gasteiger partial charge is 0.444 e. The van der Waals surface area contributed by atoms with E-state index in [-0.39, 0.29) is 18.5 Å². The molecule has 3 heterocycles. The van der Waals surface area contributed by atoms with Crippen molar-refractivity contribution in [2.45, 2.75) is 46.8 Å². The number of amides is 2. The normalized spacial score (nSPS) is 14.5. The smallest absolute Gasteiger partial charge is 0.410 e. The molecular weight excluding hydrogens is 420 g/mol. The number of carbonyl (C=O) groups excluding carboxylic acids is 2. The number of nitrogens with one attached hydrogen (secondary N) is 1. The van der Waals surface area contributed by atoms with Crippen LogP contribution in [0.25, 0.3) is 0 Å². The minimum absolute atomic E-state index is 0.0649. The van der Waals surface area contributed by atoms with Crippen molar-refractivity contribution in [3.63, 3.8) is 0 Å². The summed E-state index contributed by atoms with van der Waals surface area (Å²) in [6, 6.07) is 3.67. The van der Waals surface area contributed by atoms with Gasteiger partial charge in [-0.2, -0.15) is 5.10 Å². The first-order valence-corrected chi connectivity index (χ1v) is 10.6. The van der Waals surface area contributed by atoms with Crippen LogP contribution in [0.15, 0.2) is 18.3 Å². The second-order valence-corrected chi connectivity index (χ2v) is 8.92. The maximum absolute atomic E-state index is 12.3. The summed E-state index contributed by atoms with van der Waals surface area (Å²) in [6.45, 7) is 11.8. The first kappa shape index (κ1) is 22.9. The molecule has 1 aliphatic heterocycles. The molecule has 0 atom stereocenters. The maximum atomic E-state index is 12.3. The van der Waals surface area contributed by atoms with Gasteiger partial charge in [0.1, 0.15) is 18.0 Å². The Kier molecular flexibility index (Phi) is 6.74. The lowest BCUT2D eigenvalue weighted by molar-refractivity contribution is -0.117. The van der Waals surface area contributed by atoms with Gasteiger partial charge in [0.05, 0.1) is 28.3 Å². The summed E-state index contributed by atoms with van der Waals surface area (Å²) in [4.78, 5) is 32.7. The van der Waals surface area contributed by atoms with Gasteiger partial charge in [-0.3, -0.25) is 9.48 Å². The van der Waals surface area contributed by atoms with Gasteiger partial charge in [-0.15, -0.1) is 0 Å². The third-order valence-corrected chi connectivity index (χ3v) is 5.45. The molecule has 0 spiro atoms. The first-order valence-electron chi connectivity index (χ1n) is 10.2. The molecule has 2 aromatic heterocycles. The topological polar surface area (TPSA) is 92.6 Å². The summed E-state index contributed by atoms with van der Waals surface area (Å²) in [7, 11) is 0. The number of carbonyl (C=O) groups is 2. The highest BCUT2D eigenvalue weighted by molar-refractivity contribution is 6.31. The zero-order chi connectivity index (χ0) is 22.8. The number of ether oxygens (including phenoxy) is 1. The zero-order valence-electron chi connectivity index (χ0n) is 18.6. The monoisotopic (exact) mass is 448 g/mol. The van der Waals surface area contributed by atoms with Crippen LogP contribution in [-0.2, 0) is 16.1 Å². The second-order valence-electron chi connectivity index (χ2n) is 8.55. The van der Waals surface area contributed by atoms with Crippen LogP contribution < -0.4 is 10.2 Å². The van der Waals surface area contributed by atoms with Gasteiger partial charge in [0, 0.05) is 26.2 Å². The van der Waals surface area contributed by atoms with E-state index >= 15 is 0 Å². The number of aryl methyl sites for hydroxylation is 1. The molecular formula is C21H29ClN6O3. The fourth-order valence-electron chi connectivity index (χ4n) is 3.27. The lowest BCUT2D eigenvalue weighted by atomic mass is 10.2. The Bertz CT molecular complexity index is 943. The van der Waals surface area contributed by atoms with Crippen LogP contribution in [0.4, 0.5) is 16.3 Å². The summed E-state index contributed by atoms with van der Waals surface area (Å²) in [5.41, 5.74) is 1.89. The van der Waals surface area contributed by atoms with E-state index in [1.807, 2.05) is 33.8 Å². The number of pyridine rings is 1. The molecule has 2 aromatic rings. The van der Waals surface area contributed by atoms with E-state index in [0.29, 0.717) is 42.7 Å². The van der Waals surface area contributed by atoms with Crippen molar-refractivity contribution in [3.8, 4) is 0 Å². The molecule has 0 saturated carbocycles. The average Bonchev–Trinajstić information content (AvgIpc) is 2.94. The molecule has 1 N–H and O–H groups in total. The molecule has 9 nitrogen and oxygen atoms in total. The van der Waals surface area contributed by atoms with Gasteiger partial charge in [-0.05, 0) is 46.8 Å². The predicted molar refractivity (Wildman–Crippen MR) is 120 cm³/mol. The molecule has 168 valence electrons. The van der Waals surface area contributed by atoms with Crippen molar-refractivity contribution in [1.82, 2.24) is 19.7 Å². The summed E-state index contributed by atoms with van der Waals surface area (Å²) < 4.78 is 7.01. The van der Waals surface area contributed by atoms with E-state index in [1.54, 1.807) is 28.8 Å². The predicted octanol–water partition coefficient (Wildman–Crippen LogP) is 3.24. The number of rotatable bonds is 4. The molecule has 0 radical (unpaired) electrons. The number of halogens is 1. The second kappa shape index (κ2) is 9.13. The molecule has 0 unspecified atom stereocenters. The number of anilines is 2. The van der Waals surface area contributed by atoms with E-state index < -0.39 is 5.60 Å². The summed E-state index contributed by atoms with van der Waals surface area (Å²) in [5.74, 6) is 0.238. The molecule has 1 saturated heterocycles. The lowest BCUT2D eigenvalue weighted by Crippen LogP contribution is -2.50. The van der Waals surface area contributed by atoms with Crippen LogP contribution in [0.2, 0.25) is 5.02 Å². The van der Waals surface area contributed by atoms with Crippen molar-refractivity contribution in [3.05, 3.63) is 34.7 Å². The minimum atomic E-state index is -0.500. The molecule has 0 aliphatic carbocycles. The average molecular weight is 449 g/mol. The van der Waals surface area contributed by atoms with Gasteiger partial charge in [0.25, 0.3) is 0 Å². The highest BCUT2D eigenvalue weighted by Gasteiger charge is 2.26. The molecule has 1 fully saturated rings. The van der Waals surface area contributed by atoms with Crippen LogP contribution in [0, 0.1) is 13.8 Å². The quantitative estimate of drug-likeness (QED) is 0.771. The van der Waals surface area contributed by atoms with Gasteiger partial charge < -0.3 is 19.9 Å². The Morgan fingerprint density at radius 3 is 2.35 bits per heavy atom. The van der Waals surface area contributed by atoms with Crippen molar-refractivity contribution in [1.29, 1.82) is 0 Å². The third-order valence-electron chi connectivity index (χ3n) is 4.90. The van der Waals surface area contributed by atoms with E-state index in [4.69, 9.17) is 16.3 Å². The third kappa shape index (κ3) is 5.88. The van der Waals surface area contributed by atoms with Crippen LogP contribution in [0.3, 0.4) is 0 Å². The van der Waals surface area contributed by atoms with Gasteiger partial charge in [-0.1, -0.05) is 11.6 Å². The molecule has 0 bridgehead atoms. The molecule has 10 heteroatoms. The fraction of sp³-hybridized carbons (Fsp3) is 0.524. The summed E-state index contributed by atoms with van der Waals surface area (Å²) >= 11 is 6.13. The number of hydrogen-bond donors (Lipinski definition) is 1. The van der Waals surface area contributed by atoms with Gasteiger partial charge in [0.2, 0.25) is 5.91 Å². The highest BCUT2D eigenvalue weighted by Crippen LogP contribution is 2.20. The fourth-order valence-corrected chi connectivity index (χ4v) is 3.40. The number of hydrogen-bond acceptors (Lipinski definition) is 6. The molecule has 3 rings (SSSR count). The first-order chi connectivity index (χ1) is 14.5. The highest BCUT2D eigenvalue weighted by atomic mass is 35.5. The Labute approximate surface area is 187 Å². The molecule has 0 aromatic carbocycles. The standard InChI is InChI=1S/C21H29ClN6O3/c1-14-19(22)15(2)28(25-14)13-18(29)24-17-7-6-16(12-23-17)26-8-10-27(11-9-26)20(30)31-21(3,4)5/h6-7,12H,8-11,13H2,1-5H3,(H,23,24,29). The summed E-state index contributed by atoms with van der Waals surface area (Å²) in [6.07, 6.45) is 1.44. The molecule has 1 aliphatic rings. The van der Waals surface area contributed by atoms with Gasteiger partial charge in [0.15, 0.2) is 0 Å². The van der Waals surface area contributed by atoms with Crippen LogP contribution in [0.5, 0.6) is 0 Å². The van der Waals surface area contributed by atoms with E-state index in [1.165, 1.54) is 0 Å². The van der Waals surface area contributed by atoms with E-state index in [2.05, 4.69) is 20.3 Å². The number of aromatic nitrogens is 3.